The molecule has 5 nitrogen and oxygen atoms in total. The molecule has 21 heavy (non-hydrogen) atoms. The van der Waals surface area contributed by atoms with Crippen LogP contribution in [0.3, 0.4) is 0 Å². The molecular formula is C16H29N3O2. The van der Waals surface area contributed by atoms with Crippen LogP contribution in [0.2, 0.25) is 0 Å². The molecule has 0 aromatic heterocycles. The average Bonchev–Trinajstić information content (AvgIpc) is 3.05. The average molecular weight is 295 g/mol. The number of amides is 2. The van der Waals surface area contributed by atoms with Gasteiger partial charge in [-0.2, -0.15) is 0 Å². The lowest BCUT2D eigenvalue weighted by atomic mass is 10.1. The van der Waals surface area contributed by atoms with Gasteiger partial charge in [0.05, 0.1) is 5.92 Å². The molecule has 0 aliphatic carbocycles. The lowest BCUT2D eigenvalue weighted by molar-refractivity contribution is -0.129. The number of nitrogens with one attached hydrogen (secondary N) is 1. The van der Waals surface area contributed by atoms with Gasteiger partial charge in [-0.1, -0.05) is 13.8 Å². The van der Waals surface area contributed by atoms with Gasteiger partial charge in [0.15, 0.2) is 0 Å². The van der Waals surface area contributed by atoms with E-state index in [-0.39, 0.29) is 17.7 Å². The van der Waals surface area contributed by atoms with Crippen LogP contribution in [0.4, 0.5) is 0 Å². The zero-order chi connectivity index (χ0) is 15.2. The quantitative estimate of drug-likeness (QED) is 0.716. The molecule has 0 aromatic rings. The van der Waals surface area contributed by atoms with Crippen molar-refractivity contribution in [2.24, 2.45) is 11.8 Å². The number of rotatable bonds is 7. The van der Waals surface area contributed by atoms with Crippen molar-refractivity contribution in [2.45, 2.75) is 39.5 Å². The second kappa shape index (κ2) is 7.78. The van der Waals surface area contributed by atoms with Crippen molar-refractivity contribution < 1.29 is 9.59 Å². The summed E-state index contributed by atoms with van der Waals surface area (Å²) < 4.78 is 0. The number of hydrogen-bond acceptors (Lipinski definition) is 3. The minimum atomic E-state index is -0.150. The van der Waals surface area contributed by atoms with Gasteiger partial charge in [-0.3, -0.25) is 9.59 Å². The second-order valence-electron chi connectivity index (χ2n) is 6.79. The van der Waals surface area contributed by atoms with Gasteiger partial charge in [0.1, 0.15) is 0 Å². The summed E-state index contributed by atoms with van der Waals surface area (Å²) in [6, 6.07) is 0. The van der Waals surface area contributed by atoms with E-state index in [4.69, 9.17) is 0 Å². The Balaban J connectivity index is 1.63. The van der Waals surface area contributed by atoms with Gasteiger partial charge in [-0.05, 0) is 44.8 Å². The standard InChI is InChI=1S/C16H29N3O2/c1-13(2)11-19-12-14(10-15(19)20)16(21)17-6-5-9-18-7-3-4-8-18/h13-14H,3-12H2,1-2H3,(H,17,21)/t14-/m0/s1. The van der Waals surface area contributed by atoms with E-state index in [1.54, 1.807) is 0 Å². The van der Waals surface area contributed by atoms with Crippen LogP contribution >= 0.6 is 0 Å². The number of nitrogens with zero attached hydrogens (tertiary/aromatic N) is 2. The van der Waals surface area contributed by atoms with Gasteiger partial charge in [-0.25, -0.2) is 0 Å². The van der Waals surface area contributed by atoms with Crippen molar-refractivity contribution in [3.8, 4) is 0 Å². The van der Waals surface area contributed by atoms with E-state index in [1.165, 1.54) is 25.9 Å². The van der Waals surface area contributed by atoms with Gasteiger partial charge in [-0.15, -0.1) is 0 Å². The maximum absolute atomic E-state index is 12.1. The van der Waals surface area contributed by atoms with Crippen LogP contribution in [-0.2, 0) is 9.59 Å². The summed E-state index contributed by atoms with van der Waals surface area (Å²) in [5.74, 6) is 0.483. The molecule has 120 valence electrons. The van der Waals surface area contributed by atoms with E-state index in [1.807, 2.05) is 4.90 Å². The third kappa shape index (κ3) is 4.99. The number of carbonyl (C=O) groups is 2. The minimum Gasteiger partial charge on any atom is -0.356 e. The highest BCUT2D eigenvalue weighted by atomic mass is 16.2. The first-order chi connectivity index (χ1) is 10.1. The molecule has 0 saturated carbocycles. The monoisotopic (exact) mass is 295 g/mol. The Morgan fingerprint density at radius 1 is 1.33 bits per heavy atom. The number of carbonyl (C=O) groups excluding carboxylic acids is 2. The molecule has 1 N–H and O–H groups in total. The molecule has 1 atom stereocenters. The predicted molar refractivity (Wildman–Crippen MR) is 82.8 cm³/mol. The molecule has 0 spiro atoms. The van der Waals surface area contributed by atoms with E-state index in [0.717, 1.165) is 26.1 Å². The molecule has 0 unspecified atom stereocenters. The summed E-state index contributed by atoms with van der Waals surface area (Å²) >= 11 is 0. The van der Waals surface area contributed by atoms with Crippen LogP contribution in [0.1, 0.15) is 39.5 Å². The van der Waals surface area contributed by atoms with Crippen LogP contribution < -0.4 is 5.32 Å². The highest BCUT2D eigenvalue weighted by Gasteiger charge is 2.34. The highest BCUT2D eigenvalue weighted by molar-refractivity contribution is 5.89. The highest BCUT2D eigenvalue weighted by Crippen LogP contribution is 2.19. The Labute approximate surface area is 128 Å². The van der Waals surface area contributed by atoms with Crippen molar-refractivity contribution in [3.05, 3.63) is 0 Å². The molecule has 2 aliphatic heterocycles. The Morgan fingerprint density at radius 2 is 2.05 bits per heavy atom. The van der Waals surface area contributed by atoms with Crippen LogP contribution in [0.25, 0.3) is 0 Å². The molecule has 0 radical (unpaired) electrons. The van der Waals surface area contributed by atoms with E-state index < -0.39 is 0 Å². The first-order valence-electron chi connectivity index (χ1n) is 8.34. The second-order valence-corrected chi connectivity index (χ2v) is 6.79. The minimum absolute atomic E-state index is 0.0519. The van der Waals surface area contributed by atoms with Crippen molar-refractivity contribution in [3.63, 3.8) is 0 Å². The van der Waals surface area contributed by atoms with E-state index >= 15 is 0 Å². The van der Waals surface area contributed by atoms with Crippen LogP contribution in [-0.4, -0.2) is 60.9 Å². The molecular weight excluding hydrogens is 266 g/mol. The van der Waals surface area contributed by atoms with Gasteiger partial charge >= 0.3 is 0 Å². The lowest BCUT2D eigenvalue weighted by Gasteiger charge is -2.19. The summed E-state index contributed by atoms with van der Waals surface area (Å²) in [4.78, 5) is 28.3. The first kappa shape index (κ1) is 16.3. The van der Waals surface area contributed by atoms with Crippen LogP contribution in [0.15, 0.2) is 0 Å². The number of hydrogen-bond donors (Lipinski definition) is 1. The van der Waals surface area contributed by atoms with E-state index in [2.05, 4.69) is 24.1 Å². The van der Waals surface area contributed by atoms with Gasteiger partial charge in [0.2, 0.25) is 11.8 Å². The molecule has 2 amide bonds. The van der Waals surface area contributed by atoms with Crippen molar-refractivity contribution >= 4 is 11.8 Å². The summed E-state index contributed by atoms with van der Waals surface area (Å²) in [5, 5.41) is 3.00. The largest absolute Gasteiger partial charge is 0.356 e. The fraction of sp³-hybridized carbons (Fsp3) is 0.875. The molecule has 2 fully saturated rings. The fourth-order valence-corrected chi connectivity index (χ4v) is 3.23. The molecule has 0 bridgehead atoms. The maximum Gasteiger partial charge on any atom is 0.225 e. The Bertz CT molecular complexity index is 365. The Morgan fingerprint density at radius 3 is 2.71 bits per heavy atom. The summed E-state index contributed by atoms with van der Waals surface area (Å²) in [6.45, 7) is 9.75. The Hall–Kier alpha value is -1.10. The predicted octanol–water partition coefficient (Wildman–Crippen LogP) is 1.09. The molecule has 2 saturated heterocycles. The van der Waals surface area contributed by atoms with Gasteiger partial charge in [0, 0.05) is 26.1 Å². The van der Waals surface area contributed by atoms with E-state index in [0.29, 0.717) is 18.9 Å². The Kier molecular flexibility index (Phi) is 6.03. The van der Waals surface area contributed by atoms with E-state index in [9.17, 15) is 9.59 Å². The van der Waals surface area contributed by atoms with Gasteiger partial charge < -0.3 is 15.1 Å². The molecule has 2 rings (SSSR count). The van der Waals surface area contributed by atoms with Gasteiger partial charge in [0.25, 0.3) is 0 Å². The summed E-state index contributed by atoms with van der Waals surface area (Å²) in [7, 11) is 0. The summed E-state index contributed by atoms with van der Waals surface area (Å²) in [5.41, 5.74) is 0. The normalized spacial score (nSPS) is 23.3. The van der Waals surface area contributed by atoms with Crippen LogP contribution in [0.5, 0.6) is 0 Å². The maximum atomic E-state index is 12.1. The third-order valence-electron chi connectivity index (χ3n) is 4.32. The third-order valence-corrected chi connectivity index (χ3v) is 4.32. The fourth-order valence-electron chi connectivity index (χ4n) is 3.23. The SMILES string of the molecule is CC(C)CN1C[C@@H](C(=O)NCCCN2CCCC2)CC1=O. The lowest BCUT2D eigenvalue weighted by Crippen LogP contribution is -2.35. The molecule has 2 heterocycles. The molecule has 2 aliphatic rings. The summed E-state index contributed by atoms with van der Waals surface area (Å²) in [6.07, 6.45) is 4.00. The molecule has 5 heteroatoms. The van der Waals surface area contributed by atoms with Crippen molar-refractivity contribution in [2.75, 3.05) is 39.3 Å². The number of likely N-dealkylation sites (tertiary alicyclic amines) is 2. The van der Waals surface area contributed by atoms with Crippen molar-refractivity contribution in [1.29, 1.82) is 0 Å². The van der Waals surface area contributed by atoms with Crippen molar-refractivity contribution in [1.82, 2.24) is 15.1 Å². The molecule has 0 aromatic carbocycles. The van der Waals surface area contributed by atoms with Crippen LogP contribution in [0, 0.1) is 11.8 Å². The zero-order valence-corrected chi connectivity index (χ0v) is 13.4. The topological polar surface area (TPSA) is 52.7 Å². The first-order valence-corrected chi connectivity index (χ1v) is 8.34. The zero-order valence-electron chi connectivity index (χ0n) is 13.4. The smallest absolute Gasteiger partial charge is 0.225 e.